The summed E-state index contributed by atoms with van der Waals surface area (Å²) in [6.07, 6.45) is 6.63. The van der Waals surface area contributed by atoms with Crippen molar-refractivity contribution < 1.29 is 4.79 Å². The van der Waals surface area contributed by atoms with Gasteiger partial charge in [0.2, 0.25) is 0 Å². The maximum Gasteiger partial charge on any atom is 0.255 e. The van der Waals surface area contributed by atoms with E-state index in [-0.39, 0.29) is 5.91 Å². The quantitative estimate of drug-likeness (QED) is 0.194. The van der Waals surface area contributed by atoms with Crippen molar-refractivity contribution in [3.63, 3.8) is 0 Å². The first-order valence-corrected chi connectivity index (χ1v) is 13.2. The second-order valence-corrected chi connectivity index (χ2v) is 10.1. The number of thiazole rings is 1. The summed E-state index contributed by atoms with van der Waals surface area (Å²) in [5.41, 5.74) is 12.4. The highest BCUT2D eigenvalue weighted by Crippen LogP contribution is 2.29. The third-order valence-electron chi connectivity index (χ3n) is 6.41. The Labute approximate surface area is 218 Å². The number of pyridine rings is 1. The number of imidazole rings is 1. The predicted octanol–water partition coefficient (Wildman–Crippen LogP) is 5.54. The van der Waals surface area contributed by atoms with Gasteiger partial charge in [0.15, 0.2) is 5.13 Å². The monoisotopic (exact) mass is 509 g/mol. The topological polar surface area (TPSA) is 109 Å². The molecule has 1 saturated carbocycles. The van der Waals surface area contributed by atoms with Crippen LogP contribution >= 0.6 is 11.3 Å². The maximum atomic E-state index is 12.6. The highest BCUT2D eigenvalue weighted by Gasteiger charge is 2.20. The lowest BCUT2D eigenvalue weighted by atomic mass is 10.2. The fraction of sp³-hybridized carbons (Fsp3) is 0.179. The Bertz CT molecular complexity index is 1550. The number of hydrogen-bond acceptors (Lipinski definition) is 7. The molecule has 5 aromatic rings. The standard InChI is InChI=1S/C28H27N7OS/c29-22-3-1-2-4-23(22)33-27(36)20-7-9-21(10-8-20)32-28-34-24(17-37-28)25-16-31-26-13-19(11-12-35(25)26)15-30-14-18-5-6-18/h1-4,7-13,16-18,30H,5-6,14-15,29H2,(H,32,34)(H,33,36). The van der Waals surface area contributed by atoms with Crippen LogP contribution in [0, 0.1) is 5.92 Å². The number of para-hydroxylation sites is 2. The van der Waals surface area contributed by atoms with Crippen molar-refractivity contribution in [1.29, 1.82) is 0 Å². The maximum absolute atomic E-state index is 12.6. The highest BCUT2D eigenvalue weighted by molar-refractivity contribution is 7.14. The minimum Gasteiger partial charge on any atom is -0.397 e. The molecule has 0 unspecified atom stereocenters. The van der Waals surface area contributed by atoms with E-state index in [0.717, 1.165) is 46.9 Å². The molecule has 1 aliphatic carbocycles. The van der Waals surface area contributed by atoms with Gasteiger partial charge >= 0.3 is 0 Å². The van der Waals surface area contributed by atoms with E-state index < -0.39 is 0 Å². The zero-order chi connectivity index (χ0) is 25.2. The molecule has 3 aromatic heterocycles. The molecule has 37 heavy (non-hydrogen) atoms. The SMILES string of the molecule is Nc1ccccc1NC(=O)c1ccc(Nc2nc(-c3cnc4cc(CNCC5CC5)ccn34)cs2)cc1. The van der Waals surface area contributed by atoms with Gasteiger partial charge in [-0.3, -0.25) is 9.20 Å². The molecule has 0 bridgehead atoms. The summed E-state index contributed by atoms with van der Waals surface area (Å²) < 4.78 is 2.07. The molecule has 1 amide bonds. The molecule has 0 aliphatic heterocycles. The summed E-state index contributed by atoms with van der Waals surface area (Å²) >= 11 is 1.52. The van der Waals surface area contributed by atoms with Crippen molar-refractivity contribution in [2.45, 2.75) is 19.4 Å². The van der Waals surface area contributed by atoms with Gasteiger partial charge in [0.05, 0.1) is 23.3 Å². The molecule has 2 aromatic carbocycles. The number of fused-ring (bicyclic) bond motifs is 1. The zero-order valence-electron chi connectivity index (χ0n) is 20.1. The first-order valence-electron chi connectivity index (χ1n) is 12.3. The van der Waals surface area contributed by atoms with Crippen molar-refractivity contribution in [3.8, 4) is 11.4 Å². The number of aromatic nitrogens is 3. The Morgan fingerprint density at radius 1 is 1.11 bits per heavy atom. The lowest BCUT2D eigenvalue weighted by Crippen LogP contribution is -2.16. The Hall–Kier alpha value is -4.21. The van der Waals surface area contributed by atoms with Crippen LogP contribution in [0.1, 0.15) is 28.8 Å². The van der Waals surface area contributed by atoms with Crippen molar-refractivity contribution in [2.24, 2.45) is 5.92 Å². The van der Waals surface area contributed by atoms with E-state index in [1.54, 1.807) is 24.3 Å². The number of carbonyl (C=O) groups excluding carboxylic acids is 1. The molecule has 0 atom stereocenters. The van der Waals surface area contributed by atoms with Crippen LogP contribution in [0.4, 0.5) is 22.2 Å². The van der Waals surface area contributed by atoms with Gasteiger partial charge in [0.1, 0.15) is 11.3 Å². The Morgan fingerprint density at radius 3 is 2.76 bits per heavy atom. The van der Waals surface area contributed by atoms with Gasteiger partial charge < -0.3 is 21.7 Å². The number of nitrogens with one attached hydrogen (secondary N) is 3. The Balaban J connectivity index is 1.10. The average Bonchev–Trinajstić information content (AvgIpc) is 3.46. The van der Waals surface area contributed by atoms with Gasteiger partial charge in [-0.05, 0) is 79.4 Å². The molecule has 8 nitrogen and oxygen atoms in total. The average molecular weight is 510 g/mol. The zero-order valence-corrected chi connectivity index (χ0v) is 21.0. The number of benzene rings is 2. The minimum atomic E-state index is -0.213. The van der Waals surface area contributed by atoms with Gasteiger partial charge in [-0.2, -0.15) is 0 Å². The fourth-order valence-corrected chi connectivity index (χ4v) is 4.87. The molecular formula is C28H27N7OS. The van der Waals surface area contributed by atoms with Gasteiger partial charge in [-0.25, -0.2) is 9.97 Å². The summed E-state index contributed by atoms with van der Waals surface area (Å²) in [5, 5.41) is 12.5. The Kier molecular flexibility index (Phi) is 6.30. The predicted molar refractivity (Wildman–Crippen MR) is 149 cm³/mol. The van der Waals surface area contributed by atoms with E-state index in [9.17, 15) is 4.79 Å². The van der Waals surface area contributed by atoms with E-state index in [4.69, 9.17) is 10.7 Å². The van der Waals surface area contributed by atoms with E-state index in [1.165, 1.54) is 29.7 Å². The number of amides is 1. The number of nitrogen functional groups attached to an aromatic ring is 1. The van der Waals surface area contributed by atoms with Gasteiger partial charge in [-0.15, -0.1) is 11.3 Å². The molecule has 0 saturated heterocycles. The van der Waals surface area contributed by atoms with Crippen molar-refractivity contribution in [3.05, 3.63) is 89.6 Å². The normalized spacial score (nSPS) is 13.1. The summed E-state index contributed by atoms with van der Waals surface area (Å²) in [7, 11) is 0. The Morgan fingerprint density at radius 2 is 1.95 bits per heavy atom. The molecule has 0 radical (unpaired) electrons. The lowest BCUT2D eigenvalue weighted by Gasteiger charge is -2.08. The van der Waals surface area contributed by atoms with Crippen molar-refractivity contribution in [1.82, 2.24) is 19.7 Å². The van der Waals surface area contributed by atoms with Crippen molar-refractivity contribution >= 4 is 45.1 Å². The van der Waals surface area contributed by atoms with Crippen molar-refractivity contribution in [2.75, 3.05) is 22.9 Å². The number of rotatable bonds is 9. The van der Waals surface area contributed by atoms with Crippen LogP contribution in [0.3, 0.4) is 0 Å². The molecule has 5 N–H and O–H groups in total. The fourth-order valence-electron chi connectivity index (χ4n) is 4.15. The first kappa shape index (κ1) is 23.2. The van der Waals surface area contributed by atoms with E-state index in [0.29, 0.717) is 16.9 Å². The molecule has 3 heterocycles. The second kappa shape index (κ2) is 10.0. The largest absolute Gasteiger partial charge is 0.397 e. The van der Waals surface area contributed by atoms with Gasteiger partial charge in [0.25, 0.3) is 5.91 Å². The second-order valence-electron chi connectivity index (χ2n) is 9.26. The number of carbonyl (C=O) groups is 1. The third-order valence-corrected chi connectivity index (χ3v) is 7.17. The molecule has 0 spiro atoms. The molecule has 9 heteroatoms. The number of nitrogens with two attached hydrogens (primary N) is 1. The van der Waals surface area contributed by atoms with Crippen LogP contribution in [-0.4, -0.2) is 26.8 Å². The minimum absolute atomic E-state index is 0.213. The highest BCUT2D eigenvalue weighted by atomic mass is 32.1. The molecule has 1 aliphatic rings. The lowest BCUT2D eigenvalue weighted by molar-refractivity contribution is 0.102. The third kappa shape index (κ3) is 5.32. The van der Waals surface area contributed by atoms with Crippen LogP contribution in [0.5, 0.6) is 0 Å². The van der Waals surface area contributed by atoms with Crippen LogP contribution in [0.15, 0.2) is 78.4 Å². The van der Waals surface area contributed by atoms with Crippen LogP contribution in [-0.2, 0) is 6.54 Å². The van der Waals surface area contributed by atoms with Crippen LogP contribution in [0.25, 0.3) is 17.0 Å². The molecule has 1 fully saturated rings. The van der Waals surface area contributed by atoms with Crippen LogP contribution in [0.2, 0.25) is 0 Å². The number of anilines is 4. The van der Waals surface area contributed by atoms with Gasteiger partial charge in [0, 0.05) is 29.4 Å². The first-order chi connectivity index (χ1) is 18.1. The van der Waals surface area contributed by atoms with Gasteiger partial charge in [-0.1, -0.05) is 12.1 Å². The van der Waals surface area contributed by atoms with E-state index in [1.807, 2.05) is 35.8 Å². The molecule has 6 rings (SSSR count). The summed E-state index contributed by atoms with van der Waals surface area (Å²) in [4.78, 5) is 21.9. The van der Waals surface area contributed by atoms with Crippen LogP contribution < -0.4 is 21.7 Å². The number of hydrogen-bond donors (Lipinski definition) is 4. The molecule has 186 valence electrons. The van der Waals surface area contributed by atoms with E-state index in [2.05, 4.69) is 43.7 Å². The number of nitrogens with zero attached hydrogens (tertiary/aromatic N) is 3. The summed E-state index contributed by atoms with van der Waals surface area (Å²) in [6, 6.07) is 18.7. The summed E-state index contributed by atoms with van der Waals surface area (Å²) in [6.45, 7) is 1.96. The summed E-state index contributed by atoms with van der Waals surface area (Å²) in [5.74, 6) is 0.654. The smallest absolute Gasteiger partial charge is 0.255 e. The van der Waals surface area contributed by atoms with E-state index >= 15 is 0 Å². The molecular weight excluding hydrogens is 482 g/mol.